The molecule has 0 atom stereocenters. The Balaban J connectivity index is 2.14. The van der Waals surface area contributed by atoms with Crippen molar-refractivity contribution in [1.29, 1.82) is 0 Å². The van der Waals surface area contributed by atoms with Crippen molar-refractivity contribution >= 4 is 27.9 Å². The Kier molecular flexibility index (Phi) is 3.54. The van der Waals surface area contributed by atoms with Crippen LogP contribution in [0.3, 0.4) is 0 Å². The van der Waals surface area contributed by atoms with Gasteiger partial charge in [0.25, 0.3) is 5.91 Å². The number of rotatable bonds is 2. The number of carbonyl (C=O) groups excluding carboxylic acids is 1. The van der Waals surface area contributed by atoms with Crippen LogP contribution in [-0.2, 0) is 0 Å². The number of nitrogen functional groups attached to an aromatic ring is 1. The van der Waals surface area contributed by atoms with Crippen LogP contribution in [0.5, 0.6) is 0 Å². The first-order chi connectivity index (χ1) is 8.11. The Hall–Kier alpha value is -1.27. The van der Waals surface area contributed by atoms with Gasteiger partial charge in [0, 0.05) is 33.2 Å². The molecule has 0 unspecified atom stereocenters. The predicted octanol–water partition coefficient (Wildman–Crippen LogP) is 0.442. The van der Waals surface area contributed by atoms with Gasteiger partial charge in [-0.3, -0.25) is 4.79 Å². The molecule has 94 valence electrons. The highest BCUT2D eigenvalue weighted by Crippen LogP contribution is 2.32. The molecule has 1 amide bonds. The second-order valence-electron chi connectivity index (χ2n) is 4.24. The molecule has 1 aromatic rings. The number of nitrogens with one attached hydrogen (secondary N) is 1. The number of hydrogen-bond donors (Lipinski definition) is 2. The van der Waals surface area contributed by atoms with Crippen molar-refractivity contribution in [2.75, 3.05) is 50.9 Å². The molecule has 3 N–H and O–H groups in total. The molecule has 0 saturated carbocycles. The fourth-order valence-corrected chi connectivity index (χ4v) is 2.94. The van der Waals surface area contributed by atoms with Crippen LogP contribution < -0.4 is 16.0 Å². The summed E-state index contributed by atoms with van der Waals surface area (Å²) in [5.41, 5.74) is 6.44. The number of anilines is 2. The first-order valence-corrected chi connectivity index (χ1v) is 6.48. The average Bonchev–Trinajstić information content (AvgIpc) is 2.71. The van der Waals surface area contributed by atoms with E-state index in [-0.39, 0.29) is 5.91 Å². The van der Waals surface area contributed by atoms with Crippen molar-refractivity contribution in [2.45, 2.75) is 0 Å². The van der Waals surface area contributed by atoms with Crippen molar-refractivity contribution in [3.63, 3.8) is 0 Å². The molecule has 1 aromatic heterocycles. The maximum Gasteiger partial charge on any atom is 0.263 e. The van der Waals surface area contributed by atoms with Gasteiger partial charge in [-0.25, -0.2) is 0 Å². The summed E-state index contributed by atoms with van der Waals surface area (Å²) in [5.74, 6) is -0.104. The third-order valence-corrected chi connectivity index (χ3v) is 4.21. The SMILES string of the molecule is CNC(=O)c1sc(N2CCN(C)CC2)cc1N. The van der Waals surface area contributed by atoms with Crippen LogP contribution >= 0.6 is 11.3 Å². The number of piperazine rings is 1. The highest BCUT2D eigenvalue weighted by molar-refractivity contribution is 7.18. The van der Waals surface area contributed by atoms with E-state index in [0.29, 0.717) is 10.6 Å². The highest BCUT2D eigenvalue weighted by Gasteiger charge is 2.19. The third kappa shape index (κ3) is 2.53. The molecule has 6 heteroatoms. The van der Waals surface area contributed by atoms with Crippen molar-refractivity contribution in [3.8, 4) is 0 Å². The summed E-state index contributed by atoms with van der Waals surface area (Å²) in [6.45, 7) is 4.08. The van der Waals surface area contributed by atoms with E-state index in [2.05, 4.69) is 22.2 Å². The van der Waals surface area contributed by atoms with Crippen molar-refractivity contribution in [1.82, 2.24) is 10.2 Å². The molecule has 17 heavy (non-hydrogen) atoms. The molecule has 1 aliphatic heterocycles. The standard InChI is InChI=1S/C11H18N4OS/c1-13-11(16)10-8(12)7-9(17-10)15-5-3-14(2)4-6-15/h7H,3-6,12H2,1-2H3,(H,13,16). The van der Waals surface area contributed by atoms with Crippen molar-refractivity contribution in [2.24, 2.45) is 0 Å². The van der Waals surface area contributed by atoms with E-state index in [0.717, 1.165) is 31.2 Å². The first kappa shape index (κ1) is 12.2. The molecular formula is C11H18N4OS. The minimum atomic E-state index is -0.104. The maximum absolute atomic E-state index is 11.6. The quantitative estimate of drug-likeness (QED) is 0.804. The van der Waals surface area contributed by atoms with Crippen LogP contribution in [0.1, 0.15) is 9.67 Å². The van der Waals surface area contributed by atoms with Gasteiger partial charge in [0.05, 0.1) is 10.7 Å². The van der Waals surface area contributed by atoms with E-state index >= 15 is 0 Å². The van der Waals surface area contributed by atoms with Crippen molar-refractivity contribution in [3.05, 3.63) is 10.9 Å². The smallest absolute Gasteiger partial charge is 0.263 e. The summed E-state index contributed by atoms with van der Waals surface area (Å²) in [6, 6.07) is 1.90. The lowest BCUT2D eigenvalue weighted by Gasteiger charge is -2.32. The lowest BCUT2D eigenvalue weighted by Crippen LogP contribution is -2.44. The lowest BCUT2D eigenvalue weighted by atomic mass is 10.3. The van der Waals surface area contributed by atoms with Crippen LogP contribution in [0.15, 0.2) is 6.07 Å². The van der Waals surface area contributed by atoms with Gasteiger partial charge < -0.3 is 20.9 Å². The molecule has 0 radical (unpaired) electrons. The lowest BCUT2D eigenvalue weighted by molar-refractivity contribution is 0.0968. The van der Waals surface area contributed by atoms with Crippen molar-refractivity contribution < 1.29 is 4.79 Å². The zero-order valence-corrected chi connectivity index (χ0v) is 11.0. The number of amides is 1. The molecule has 0 spiro atoms. The van der Waals surface area contributed by atoms with E-state index < -0.39 is 0 Å². The molecule has 1 aliphatic rings. The summed E-state index contributed by atoms with van der Waals surface area (Å²) in [6.07, 6.45) is 0. The third-order valence-electron chi connectivity index (χ3n) is 3.00. The molecule has 1 saturated heterocycles. The summed E-state index contributed by atoms with van der Waals surface area (Å²) in [5, 5.41) is 3.70. The highest BCUT2D eigenvalue weighted by atomic mass is 32.1. The van der Waals surface area contributed by atoms with Gasteiger partial charge >= 0.3 is 0 Å². The fourth-order valence-electron chi connectivity index (χ4n) is 1.87. The number of likely N-dealkylation sites (N-methyl/N-ethyl adjacent to an activating group) is 1. The molecular weight excluding hydrogens is 236 g/mol. The molecule has 0 aromatic carbocycles. The van der Waals surface area contributed by atoms with Crippen LogP contribution in [0.2, 0.25) is 0 Å². The first-order valence-electron chi connectivity index (χ1n) is 5.66. The minimum absolute atomic E-state index is 0.104. The normalized spacial score (nSPS) is 17.2. The Morgan fingerprint density at radius 3 is 2.65 bits per heavy atom. The van der Waals surface area contributed by atoms with Crippen LogP contribution in [-0.4, -0.2) is 51.1 Å². The molecule has 5 nitrogen and oxygen atoms in total. The van der Waals surface area contributed by atoms with Gasteiger partial charge in [-0.05, 0) is 13.1 Å². The number of nitrogens with zero attached hydrogens (tertiary/aromatic N) is 2. The number of thiophene rings is 1. The fraction of sp³-hybridized carbons (Fsp3) is 0.545. The minimum Gasteiger partial charge on any atom is -0.397 e. The van der Waals surface area contributed by atoms with Gasteiger partial charge in [-0.2, -0.15) is 0 Å². The molecule has 2 heterocycles. The van der Waals surface area contributed by atoms with E-state index in [4.69, 9.17) is 5.73 Å². The van der Waals surface area contributed by atoms with Crippen LogP contribution in [0, 0.1) is 0 Å². The predicted molar refractivity (Wildman–Crippen MR) is 71.8 cm³/mol. The molecule has 1 fully saturated rings. The monoisotopic (exact) mass is 254 g/mol. The largest absolute Gasteiger partial charge is 0.397 e. The number of nitrogens with two attached hydrogens (primary N) is 1. The van der Waals surface area contributed by atoms with Crippen LogP contribution in [0.25, 0.3) is 0 Å². The second-order valence-corrected chi connectivity index (χ2v) is 5.27. The van der Waals surface area contributed by atoms with E-state index in [1.807, 2.05) is 6.07 Å². The maximum atomic E-state index is 11.6. The van der Waals surface area contributed by atoms with E-state index in [1.54, 1.807) is 7.05 Å². The zero-order valence-electron chi connectivity index (χ0n) is 10.2. The summed E-state index contributed by atoms with van der Waals surface area (Å²) >= 11 is 1.47. The summed E-state index contributed by atoms with van der Waals surface area (Å²) in [7, 11) is 3.74. The Morgan fingerprint density at radius 1 is 1.41 bits per heavy atom. The number of carbonyl (C=O) groups is 1. The number of hydrogen-bond acceptors (Lipinski definition) is 5. The summed E-state index contributed by atoms with van der Waals surface area (Å²) < 4.78 is 0. The van der Waals surface area contributed by atoms with Gasteiger partial charge in [0.15, 0.2) is 0 Å². The average molecular weight is 254 g/mol. The zero-order chi connectivity index (χ0) is 12.4. The Labute approximate surface area is 105 Å². The van der Waals surface area contributed by atoms with Gasteiger partial charge in [-0.1, -0.05) is 0 Å². The molecule has 0 aliphatic carbocycles. The van der Waals surface area contributed by atoms with E-state index in [9.17, 15) is 4.79 Å². The van der Waals surface area contributed by atoms with Gasteiger partial charge in [-0.15, -0.1) is 11.3 Å². The van der Waals surface area contributed by atoms with Crippen LogP contribution in [0.4, 0.5) is 10.7 Å². The van der Waals surface area contributed by atoms with E-state index in [1.165, 1.54) is 11.3 Å². The molecule has 2 rings (SSSR count). The second kappa shape index (κ2) is 4.93. The Bertz CT molecular complexity index is 410. The van der Waals surface area contributed by atoms with Gasteiger partial charge in [0.1, 0.15) is 4.88 Å². The topological polar surface area (TPSA) is 61.6 Å². The Morgan fingerprint density at radius 2 is 2.06 bits per heavy atom. The molecule has 0 bridgehead atoms. The summed E-state index contributed by atoms with van der Waals surface area (Å²) in [4.78, 5) is 16.8. The van der Waals surface area contributed by atoms with Gasteiger partial charge in [0.2, 0.25) is 0 Å².